The Morgan fingerprint density at radius 1 is 0.594 bits per heavy atom. The van der Waals surface area contributed by atoms with Crippen LogP contribution in [-0.2, 0) is 19.3 Å². The highest BCUT2D eigenvalue weighted by Gasteiger charge is 2.11. The second-order valence-corrected chi connectivity index (χ2v) is 10.7. The van der Waals surface area contributed by atoms with Crippen LogP contribution in [0.25, 0.3) is 41.7 Å². The first-order valence-corrected chi connectivity index (χ1v) is 12.9. The van der Waals surface area contributed by atoms with E-state index in [1.54, 1.807) is 6.07 Å². The second kappa shape index (κ2) is 7.99. The van der Waals surface area contributed by atoms with Gasteiger partial charge in [0.25, 0.3) is 0 Å². The van der Waals surface area contributed by atoms with Gasteiger partial charge in [-0.1, -0.05) is 61.9 Å². The SMILES string of the molecule is CCCc1ccc(CCc2cc3ccc4cc5c(ccc6cc(F)sc65)cc4c3s2)cc1. The number of benzene rings is 4. The van der Waals surface area contributed by atoms with Crippen molar-refractivity contribution in [1.29, 1.82) is 0 Å². The summed E-state index contributed by atoms with van der Waals surface area (Å²) in [5.74, 6) is 0. The average molecular weight is 455 g/mol. The van der Waals surface area contributed by atoms with E-state index >= 15 is 0 Å². The van der Waals surface area contributed by atoms with Crippen LogP contribution in [0.5, 0.6) is 0 Å². The van der Waals surface area contributed by atoms with Gasteiger partial charge < -0.3 is 0 Å². The molecule has 0 bridgehead atoms. The molecule has 0 aliphatic heterocycles. The molecule has 0 nitrogen and oxygen atoms in total. The van der Waals surface area contributed by atoms with Gasteiger partial charge in [-0.05, 0) is 76.2 Å². The van der Waals surface area contributed by atoms with Crippen molar-refractivity contribution < 1.29 is 4.39 Å². The molecule has 0 N–H and O–H groups in total. The van der Waals surface area contributed by atoms with Crippen LogP contribution >= 0.6 is 22.7 Å². The van der Waals surface area contributed by atoms with Crippen molar-refractivity contribution in [2.75, 3.05) is 0 Å². The minimum Gasteiger partial charge on any atom is -0.195 e. The lowest BCUT2D eigenvalue weighted by molar-refractivity contribution is 0.658. The van der Waals surface area contributed by atoms with E-state index in [4.69, 9.17) is 0 Å². The zero-order valence-electron chi connectivity index (χ0n) is 18.0. The molecule has 158 valence electrons. The standard InChI is InChI=1S/C29H23FS2/c1-2-3-18-4-6-19(7-5-18)8-13-24-14-22-11-9-20-16-26-21(15-25(20)28(22)31-24)10-12-23-17-27(30)32-29(23)26/h4-7,9-12,14-17H,2-3,8,13H2,1H3. The first-order chi connectivity index (χ1) is 15.7. The molecule has 0 atom stereocenters. The number of halogens is 1. The summed E-state index contributed by atoms with van der Waals surface area (Å²) < 4.78 is 16.2. The molecule has 0 saturated carbocycles. The molecule has 32 heavy (non-hydrogen) atoms. The smallest absolute Gasteiger partial charge is 0.177 e. The van der Waals surface area contributed by atoms with Gasteiger partial charge in [-0.3, -0.25) is 0 Å². The molecule has 0 spiro atoms. The maximum Gasteiger partial charge on any atom is 0.177 e. The molecule has 0 aliphatic rings. The largest absolute Gasteiger partial charge is 0.195 e. The summed E-state index contributed by atoms with van der Waals surface area (Å²) in [6.07, 6.45) is 4.49. The van der Waals surface area contributed by atoms with E-state index in [1.807, 2.05) is 17.4 Å². The molecule has 6 aromatic rings. The number of aryl methyl sites for hydroxylation is 3. The first-order valence-electron chi connectivity index (χ1n) is 11.2. The van der Waals surface area contributed by atoms with Crippen LogP contribution in [0.4, 0.5) is 4.39 Å². The van der Waals surface area contributed by atoms with Crippen molar-refractivity contribution in [2.24, 2.45) is 0 Å². The van der Waals surface area contributed by atoms with Crippen molar-refractivity contribution >= 4 is 64.4 Å². The summed E-state index contributed by atoms with van der Waals surface area (Å²) in [5, 5.41) is 7.04. The molecule has 0 radical (unpaired) electrons. The average Bonchev–Trinajstić information content (AvgIpc) is 3.40. The van der Waals surface area contributed by atoms with Crippen molar-refractivity contribution in [2.45, 2.75) is 32.6 Å². The fourth-order valence-corrected chi connectivity index (χ4v) is 6.81. The van der Waals surface area contributed by atoms with Crippen LogP contribution in [0.3, 0.4) is 0 Å². The van der Waals surface area contributed by atoms with Crippen molar-refractivity contribution in [3.05, 3.63) is 93.9 Å². The van der Waals surface area contributed by atoms with Crippen LogP contribution in [0.1, 0.15) is 29.3 Å². The highest BCUT2D eigenvalue weighted by Crippen LogP contribution is 2.38. The predicted molar refractivity (Wildman–Crippen MR) is 140 cm³/mol. The Hall–Kier alpha value is -2.75. The van der Waals surface area contributed by atoms with E-state index in [2.05, 4.69) is 67.6 Å². The number of hydrogen-bond donors (Lipinski definition) is 0. The molecule has 2 aromatic heterocycles. The molecule has 0 aliphatic carbocycles. The molecule has 2 heterocycles. The zero-order chi connectivity index (χ0) is 21.7. The third-order valence-corrected chi connectivity index (χ3v) is 8.58. The van der Waals surface area contributed by atoms with Gasteiger partial charge in [0.2, 0.25) is 0 Å². The van der Waals surface area contributed by atoms with Crippen molar-refractivity contribution in [3.63, 3.8) is 0 Å². The Balaban J connectivity index is 1.36. The summed E-state index contributed by atoms with van der Waals surface area (Å²) in [7, 11) is 0. The Morgan fingerprint density at radius 3 is 1.81 bits per heavy atom. The topological polar surface area (TPSA) is 0 Å². The Labute approximate surface area is 194 Å². The highest BCUT2D eigenvalue weighted by atomic mass is 32.1. The number of rotatable bonds is 5. The van der Waals surface area contributed by atoms with Crippen LogP contribution in [-0.4, -0.2) is 0 Å². The van der Waals surface area contributed by atoms with E-state index in [0.717, 1.165) is 34.7 Å². The van der Waals surface area contributed by atoms with Gasteiger partial charge in [-0.2, -0.15) is 4.39 Å². The molecule has 0 amide bonds. The van der Waals surface area contributed by atoms with Gasteiger partial charge in [-0.15, -0.1) is 22.7 Å². The van der Waals surface area contributed by atoms with E-state index in [0.29, 0.717) is 0 Å². The first kappa shape index (κ1) is 19.9. The molecule has 0 unspecified atom stereocenters. The zero-order valence-corrected chi connectivity index (χ0v) is 19.6. The van der Waals surface area contributed by atoms with Gasteiger partial charge in [0, 0.05) is 25.0 Å². The second-order valence-electron chi connectivity index (χ2n) is 8.59. The molecule has 6 rings (SSSR count). The van der Waals surface area contributed by atoms with Crippen molar-refractivity contribution in [3.8, 4) is 0 Å². The number of thiophene rings is 2. The summed E-state index contributed by atoms with van der Waals surface area (Å²) in [5.41, 5.74) is 2.84. The van der Waals surface area contributed by atoms with Crippen LogP contribution in [0, 0.1) is 5.13 Å². The number of fused-ring (bicyclic) bond motifs is 6. The monoisotopic (exact) mass is 454 g/mol. The summed E-state index contributed by atoms with van der Waals surface area (Å²) in [6.45, 7) is 2.23. The fourth-order valence-electron chi connectivity index (χ4n) is 4.71. The minimum atomic E-state index is -0.119. The molecule has 3 heteroatoms. The van der Waals surface area contributed by atoms with Gasteiger partial charge in [-0.25, -0.2) is 0 Å². The van der Waals surface area contributed by atoms with Gasteiger partial charge in [0.15, 0.2) is 5.13 Å². The lowest BCUT2D eigenvalue weighted by Crippen LogP contribution is -1.90. The third-order valence-electron chi connectivity index (χ3n) is 6.36. The fraction of sp³-hybridized carbons (Fsp3) is 0.172. The van der Waals surface area contributed by atoms with Crippen LogP contribution in [0.15, 0.2) is 72.8 Å². The van der Waals surface area contributed by atoms with Gasteiger partial charge >= 0.3 is 0 Å². The Kier molecular flexibility index (Phi) is 4.97. The van der Waals surface area contributed by atoms with E-state index in [-0.39, 0.29) is 5.13 Å². The van der Waals surface area contributed by atoms with Gasteiger partial charge in [0.1, 0.15) is 0 Å². The quantitative estimate of drug-likeness (QED) is 0.228. The maximum atomic E-state index is 13.8. The van der Waals surface area contributed by atoms with Gasteiger partial charge in [0.05, 0.1) is 0 Å². The van der Waals surface area contributed by atoms with E-state index in [1.165, 1.54) is 60.0 Å². The maximum absolute atomic E-state index is 13.8. The minimum absolute atomic E-state index is 0.119. The summed E-state index contributed by atoms with van der Waals surface area (Å²) in [6, 6.07) is 26.2. The Morgan fingerprint density at radius 2 is 1.16 bits per heavy atom. The molecule has 0 fully saturated rings. The lowest BCUT2D eigenvalue weighted by Gasteiger charge is -2.05. The molecule has 4 aromatic carbocycles. The molecular formula is C29H23FS2. The highest BCUT2D eigenvalue weighted by molar-refractivity contribution is 7.20. The third kappa shape index (κ3) is 3.50. The number of hydrogen-bond acceptors (Lipinski definition) is 2. The molecule has 0 saturated heterocycles. The summed E-state index contributed by atoms with van der Waals surface area (Å²) in [4.78, 5) is 1.43. The van der Waals surface area contributed by atoms with E-state index < -0.39 is 0 Å². The van der Waals surface area contributed by atoms with Crippen molar-refractivity contribution in [1.82, 2.24) is 0 Å². The normalized spacial score (nSPS) is 11.9. The summed E-state index contributed by atoms with van der Waals surface area (Å²) >= 11 is 3.16. The molecular weight excluding hydrogens is 431 g/mol. The lowest BCUT2D eigenvalue weighted by atomic mass is 10.0. The van der Waals surface area contributed by atoms with E-state index in [9.17, 15) is 4.39 Å². The van der Waals surface area contributed by atoms with Crippen LogP contribution in [0.2, 0.25) is 0 Å². The van der Waals surface area contributed by atoms with Crippen LogP contribution < -0.4 is 0 Å². The predicted octanol–water partition coefficient (Wildman–Crippen LogP) is 9.30. The Bertz CT molecular complexity index is 1590.